The molecule has 0 unspecified atom stereocenters. The van der Waals surface area contributed by atoms with Gasteiger partial charge in [-0.2, -0.15) is 0 Å². The van der Waals surface area contributed by atoms with E-state index >= 15 is 0 Å². The van der Waals surface area contributed by atoms with Crippen LogP contribution < -0.4 is 10.6 Å². The van der Waals surface area contributed by atoms with E-state index in [0.29, 0.717) is 16.7 Å². The van der Waals surface area contributed by atoms with Gasteiger partial charge in [0.25, 0.3) is 0 Å². The quantitative estimate of drug-likeness (QED) is 0.496. The first-order valence-corrected chi connectivity index (χ1v) is 8.45. The van der Waals surface area contributed by atoms with Crippen LogP contribution in [-0.2, 0) is 0 Å². The molecule has 8 nitrogen and oxygen atoms in total. The smallest absolute Gasteiger partial charge is 0.334 e. The minimum atomic E-state index is -0.513. The zero-order valence-corrected chi connectivity index (χ0v) is 14.4. The number of rotatable bonds is 6. The number of thiazole rings is 1. The van der Waals surface area contributed by atoms with Crippen LogP contribution in [0.2, 0.25) is 0 Å². The van der Waals surface area contributed by atoms with E-state index in [1.807, 2.05) is 24.3 Å². The first-order valence-electron chi connectivity index (χ1n) is 7.57. The summed E-state index contributed by atoms with van der Waals surface area (Å²) in [5.41, 5.74) is 1.67. The molecule has 0 aliphatic carbocycles. The van der Waals surface area contributed by atoms with Gasteiger partial charge in [-0.05, 0) is 23.6 Å². The molecule has 0 amide bonds. The van der Waals surface area contributed by atoms with Gasteiger partial charge in [-0.1, -0.05) is 26.0 Å². The lowest BCUT2D eigenvalue weighted by Gasteiger charge is -2.10. The van der Waals surface area contributed by atoms with Crippen molar-refractivity contribution < 1.29 is 4.92 Å². The van der Waals surface area contributed by atoms with E-state index in [2.05, 4.69) is 39.4 Å². The predicted molar refractivity (Wildman–Crippen MR) is 97.9 cm³/mol. The Morgan fingerprint density at radius 3 is 2.32 bits per heavy atom. The molecule has 3 rings (SSSR count). The Morgan fingerprint density at radius 2 is 1.76 bits per heavy atom. The van der Waals surface area contributed by atoms with E-state index in [1.54, 1.807) is 11.6 Å². The van der Waals surface area contributed by atoms with Gasteiger partial charge in [-0.3, -0.25) is 10.1 Å². The number of aromatic nitrogens is 3. The zero-order chi connectivity index (χ0) is 17.8. The summed E-state index contributed by atoms with van der Waals surface area (Å²) in [5.74, 6) is 0.629. The monoisotopic (exact) mass is 356 g/mol. The molecule has 25 heavy (non-hydrogen) atoms. The van der Waals surface area contributed by atoms with Crippen molar-refractivity contribution in [1.29, 1.82) is 0 Å². The molecular weight excluding hydrogens is 340 g/mol. The number of benzene rings is 1. The minimum absolute atomic E-state index is 0.0938. The Hall–Kier alpha value is -3.07. The van der Waals surface area contributed by atoms with Gasteiger partial charge in [0.2, 0.25) is 11.6 Å². The van der Waals surface area contributed by atoms with Crippen LogP contribution in [0.4, 0.5) is 28.1 Å². The van der Waals surface area contributed by atoms with E-state index < -0.39 is 4.92 Å². The standard InChI is InChI=1S/C16H16N6O2S/c1-10(2)11-3-5-12(6-4-11)20-14-13(22(23)24)15(19-9-18-14)21-16-17-7-8-25-16/h3-10H,1-2H3,(H2,17,18,19,20,21). The fourth-order valence-corrected chi connectivity index (χ4v) is 2.74. The van der Waals surface area contributed by atoms with Crippen LogP contribution in [0.25, 0.3) is 0 Å². The fraction of sp³-hybridized carbons (Fsp3) is 0.188. The predicted octanol–water partition coefficient (Wildman–Crippen LogP) is 4.45. The van der Waals surface area contributed by atoms with Crippen molar-refractivity contribution in [2.45, 2.75) is 19.8 Å². The maximum Gasteiger partial charge on any atom is 0.353 e. The van der Waals surface area contributed by atoms with Crippen molar-refractivity contribution in [2.24, 2.45) is 0 Å². The zero-order valence-electron chi connectivity index (χ0n) is 13.6. The molecule has 0 bridgehead atoms. The fourth-order valence-electron chi connectivity index (χ4n) is 2.21. The molecule has 1 aromatic carbocycles. The van der Waals surface area contributed by atoms with Crippen LogP contribution in [-0.4, -0.2) is 19.9 Å². The summed E-state index contributed by atoms with van der Waals surface area (Å²) in [7, 11) is 0. The normalized spacial score (nSPS) is 10.7. The number of anilines is 4. The summed E-state index contributed by atoms with van der Waals surface area (Å²) in [5, 5.41) is 19.7. The lowest BCUT2D eigenvalue weighted by molar-refractivity contribution is -0.383. The number of nitrogens with zero attached hydrogens (tertiary/aromatic N) is 4. The van der Waals surface area contributed by atoms with Gasteiger partial charge in [0.1, 0.15) is 6.33 Å². The first kappa shape index (κ1) is 16.8. The lowest BCUT2D eigenvalue weighted by atomic mass is 10.0. The number of nitro groups is 1. The van der Waals surface area contributed by atoms with E-state index in [-0.39, 0.29) is 17.3 Å². The van der Waals surface area contributed by atoms with Crippen molar-refractivity contribution in [2.75, 3.05) is 10.6 Å². The average molecular weight is 356 g/mol. The Kier molecular flexibility index (Phi) is 4.85. The molecule has 2 N–H and O–H groups in total. The highest BCUT2D eigenvalue weighted by atomic mass is 32.1. The molecule has 128 valence electrons. The Morgan fingerprint density at radius 1 is 1.08 bits per heavy atom. The van der Waals surface area contributed by atoms with Gasteiger partial charge >= 0.3 is 5.69 Å². The third-order valence-electron chi connectivity index (χ3n) is 3.50. The van der Waals surface area contributed by atoms with Gasteiger partial charge < -0.3 is 10.6 Å². The van der Waals surface area contributed by atoms with Gasteiger partial charge in [0.15, 0.2) is 5.13 Å². The highest BCUT2D eigenvalue weighted by Gasteiger charge is 2.23. The molecule has 0 atom stereocenters. The summed E-state index contributed by atoms with van der Waals surface area (Å²) in [6.07, 6.45) is 2.88. The topological polar surface area (TPSA) is 106 Å². The lowest BCUT2D eigenvalue weighted by Crippen LogP contribution is -2.05. The summed E-state index contributed by atoms with van der Waals surface area (Å²) >= 11 is 1.33. The molecule has 2 aromatic heterocycles. The second-order valence-electron chi connectivity index (χ2n) is 5.54. The molecule has 0 saturated carbocycles. The van der Waals surface area contributed by atoms with Gasteiger partial charge in [0, 0.05) is 17.3 Å². The van der Waals surface area contributed by atoms with Crippen LogP contribution >= 0.6 is 11.3 Å². The summed E-state index contributed by atoms with van der Waals surface area (Å²) in [6, 6.07) is 7.70. The SMILES string of the molecule is CC(C)c1ccc(Nc2ncnc(Nc3nccs3)c2[N+](=O)[O-])cc1. The molecule has 0 aliphatic rings. The van der Waals surface area contributed by atoms with Crippen molar-refractivity contribution in [3.63, 3.8) is 0 Å². The average Bonchev–Trinajstić information content (AvgIpc) is 3.08. The second-order valence-corrected chi connectivity index (χ2v) is 6.44. The van der Waals surface area contributed by atoms with Gasteiger partial charge in [0.05, 0.1) is 4.92 Å². The van der Waals surface area contributed by atoms with Crippen molar-refractivity contribution in [3.8, 4) is 0 Å². The van der Waals surface area contributed by atoms with Crippen LogP contribution in [0.5, 0.6) is 0 Å². The molecule has 0 saturated heterocycles. The van der Waals surface area contributed by atoms with Crippen LogP contribution in [0, 0.1) is 10.1 Å². The summed E-state index contributed by atoms with van der Waals surface area (Å²) in [6.45, 7) is 4.21. The van der Waals surface area contributed by atoms with Crippen LogP contribution in [0.1, 0.15) is 25.3 Å². The first-order chi connectivity index (χ1) is 12.0. The molecule has 2 heterocycles. The number of nitrogens with one attached hydrogen (secondary N) is 2. The Labute approximate surface area is 148 Å². The van der Waals surface area contributed by atoms with Crippen LogP contribution in [0.15, 0.2) is 42.2 Å². The van der Waals surface area contributed by atoms with Crippen molar-refractivity contribution in [3.05, 3.63) is 57.8 Å². The summed E-state index contributed by atoms with van der Waals surface area (Å²) < 4.78 is 0. The Bertz CT molecular complexity index is 865. The number of hydrogen-bond donors (Lipinski definition) is 2. The molecule has 9 heteroatoms. The molecule has 0 aliphatic heterocycles. The molecular formula is C16H16N6O2S. The van der Waals surface area contributed by atoms with E-state index in [0.717, 1.165) is 0 Å². The third-order valence-corrected chi connectivity index (χ3v) is 4.19. The van der Waals surface area contributed by atoms with E-state index in [1.165, 1.54) is 23.2 Å². The maximum atomic E-state index is 11.5. The number of hydrogen-bond acceptors (Lipinski definition) is 8. The molecule has 0 radical (unpaired) electrons. The molecule has 0 fully saturated rings. The molecule has 3 aromatic rings. The summed E-state index contributed by atoms with van der Waals surface area (Å²) in [4.78, 5) is 23.1. The van der Waals surface area contributed by atoms with Crippen molar-refractivity contribution >= 4 is 39.5 Å². The highest BCUT2D eigenvalue weighted by molar-refractivity contribution is 7.13. The molecule has 0 spiro atoms. The van der Waals surface area contributed by atoms with E-state index in [4.69, 9.17) is 0 Å². The largest absolute Gasteiger partial charge is 0.353 e. The van der Waals surface area contributed by atoms with Crippen LogP contribution in [0.3, 0.4) is 0 Å². The van der Waals surface area contributed by atoms with E-state index in [9.17, 15) is 10.1 Å². The second kappa shape index (κ2) is 7.22. The van der Waals surface area contributed by atoms with Crippen molar-refractivity contribution in [1.82, 2.24) is 15.0 Å². The minimum Gasteiger partial charge on any atom is -0.334 e. The van der Waals surface area contributed by atoms with Gasteiger partial charge in [-0.25, -0.2) is 15.0 Å². The maximum absolute atomic E-state index is 11.5. The Balaban J connectivity index is 1.91. The third kappa shape index (κ3) is 3.89. The van der Waals surface area contributed by atoms with Gasteiger partial charge in [-0.15, -0.1) is 11.3 Å². The highest BCUT2D eigenvalue weighted by Crippen LogP contribution is 2.33.